The number of hydrogen-bond donors (Lipinski definition) is 1. The topological polar surface area (TPSA) is 51.9 Å². The predicted octanol–water partition coefficient (Wildman–Crippen LogP) is 2.64. The molecule has 0 unspecified atom stereocenters. The normalized spacial score (nSPS) is 10.3. The number of nitrogens with one attached hydrogen (secondary N) is 1. The highest BCUT2D eigenvalue weighted by Crippen LogP contribution is 2.12. The minimum absolute atomic E-state index is 0.647. The van der Waals surface area contributed by atoms with Crippen LogP contribution >= 0.6 is 0 Å². The van der Waals surface area contributed by atoms with Gasteiger partial charge in [-0.2, -0.15) is 5.26 Å². The maximum Gasteiger partial charge on any atom is 0.0991 e. The summed E-state index contributed by atoms with van der Waals surface area (Å²) in [6.45, 7) is 0. The van der Waals surface area contributed by atoms with Crippen LogP contribution in [0.2, 0.25) is 0 Å². The Morgan fingerprint density at radius 1 is 1.20 bits per heavy atom. The van der Waals surface area contributed by atoms with Crippen LogP contribution in [0.1, 0.15) is 11.3 Å². The first-order valence-corrected chi connectivity index (χ1v) is 4.56. The molecule has 0 amide bonds. The third-order valence-electron chi connectivity index (χ3n) is 1.97. The van der Waals surface area contributed by atoms with Gasteiger partial charge in [-0.1, -0.05) is 0 Å². The van der Waals surface area contributed by atoms with Gasteiger partial charge in [0, 0.05) is 6.20 Å². The summed E-state index contributed by atoms with van der Waals surface area (Å²) in [4.78, 5) is 7.29. The number of benzene rings is 1. The Hall–Kier alpha value is -2.34. The van der Waals surface area contributed by atoms with E-state index in [1.165, 1.54) is 0 Å². The molecule has 0 aliphatic carbocycles. The van der Waals surface area contributed by atoms with Gasteiger partial charge in [0.05, 0.1) is 29.2 Å². The molecule has 1 aromatic carbocycles. The summed E-state index contributed by atoms with van der Waals surface area (Å²) >= 11 is 0. The molecule has 0 fully saturated rings. The number of hydrogen-bond acceptors (Lipinski definition) is 2. The average molecular weight is 195 g/mol. The van der Waals surface area contributed by atoms with Gasteiger partial charge < -0.3 is 4.98 Å². The zero-order valence-electron chi connectivity index (χ0n) is 8.01. The van der Waals surface area contributed by atoms with Crippen LogP contribution in [0.3, 0.4) is 0 Å². The standard InChI is InChI=1S/C12H9N3/c13-8-10-3-5-11(6-4-10)15-9-12-2-1-7-14-12/h1-7,9,14H. The largest absolute Gasteiger partial charge is 0.360 e. The van der Waals surface area contributed by atoms with Crippen molar-refractivity contribution in [2.75, 3.05) is 0 Å². The minimum Gasteiger partial charge on any atom is -0.360 e. The van der Waals surface area contributed by atoms with Gasteiger partial charge in [-0.05, 0) is 36.4 Å². The molecule has 0 aliphatic heterocycles. The zero-order valence-corrected chi connectivity index (χ0v) is 8.01. The summed E-state index contributed by atoms with van der Waals surface area (Å²) in [6.07, 6.45) is 3.60. The molecule has 3 nitrogen and oxygen atoms in total. The molecule has 0 saturated carbocycles. The highest BCUT2D eigenvalue weighted by Gasteiger charge is 1.90. The second-order valence-corrected chi connectivity index (χ2v) is 3.04. The van der Waals surface area contributed by atoms with Crippen molar-refractivity contribution in [3.8, 4) is 6.07 Å². The van der Waals surface area contributed by atoms with Crippen LogP contribution < -0.4 is 0 Å². The van der Waals surface area contributed by atoms with Gasteiger partial charge in [-0.3, -0.25) is 4.99 Å². The van der Waals surface area contributed by atoms with Gasteiger partial charge in [0.25, 0.3) is 0 Å². The van der Waals surface area contributed by atoms with Crippen molar-refractivity contribution in [2.45, 2.75) is 0 Å². The summed E-state index contributed by atoms with van der Waals surface area (Å²) in [5.41, 5.74) is 2.44. The van der Waals surface area contributed by atoms with Crippen molar-refractivity contribution in [2.24, 2.45) is 4.99 Å². The van der Waals surface area contributed by atoms with E-state index in [1.54, 1.807) is 18.3 Å². The highest BCUT2D eigenvalue weighted by atomic mass is 14.8. The molecule has 0 spiro atoms. The van der Waals surface area contributed by atoms with Gasteiger partial charge in [-0.15, -0.1) is 0 Å². The number of aliphatic imine (C=N–C) groups is 1. The van der Waals surface area contributed by atoms with E-state index in [-0.39, 0.29) is 0 Å². The Labute approximate surface area is 87.7 Å². The van der Waals surface area contributed by atoms with Gasteiger partial charge >= 0.3 is 0 Å². The Morgan fingerprint density at radius 2 is 2.00 bits per heavy atom. The lowest BCUT2D eigenvalue weighted by atomic mass is 10.2. The molecule has 1 aromatic heterocycles. The average Bonchev–Trinajstić information content (AvgIpc) is 2.80. The van der Waals surface area contributed by atoms with E-state index in [2.05, 4.69) is 16.0 Å². The quantitative estimate of drug-likeness (QED) is 0.736. The molecular formula is C12H9N3. The van der Waals surface area contributed by atoms with Crippen molar-refractivity contribution >= 4 is 11.9 Å². The molecule has 72 valence electrons. The molecule has 1 heterocycles. The fourth-order valence-electron chi connectivity index (χ4n) is 1.19. The lowest BCUT2D eigenvalue weighted by Crippen LogP contribution is -1.78. The molecule has 1 N–H and O–H groups in total. The first kappa shape index (κ1) is 9.22. The van der Waals surface area contributed by atoms with E-state index in [0.29, 0.717) is 5.56 Å². The van der Waals surface area contributed by atoms with Gasteiger partial charge in [0.2, 0.25) is 0 Å². The Morgan fingerprint density at radius 3 is 2.60 bits per heavy atom. The van der Waals surface area contributed by atoms with E-state index < -0.39 is 0 Å². The second kappa shape index (κ2) is 4.25. The van der Waals surface area contributed by atoms with Crippen molar-refractivity contribution < 1.29 is 0 Å². The smallest absolute Gasteiger partial charge is 0.0991 e. The predicted molar refractivity (Wildman–Crippen MR) is 59.2 cm³/mol. The van der Waals surface area contributed by atoms with E-state index >= 15 is 0 Å². The highest BCUT2D eigenvalue weighted by molar-refractivity contribution is 5.79. The van der Waals surface area contributed by atoms with Crippen LogP contribution in [0.5, 0.6) is 0 Å². The number of aromatic nitrogens is 1. The van der Waals surface area contributed by atoms with E-state index in [0.717, 1.165) is 11.4 Å². The first-order valence-electron chi connectivity index (χ1n) is 4.56. The molecular weight excluding hydrogens is 186 g/mol. The van der Waals surface area contributed by atoms with Crippen molar-refractivity contribution in [3.63, 3.8) is 0 Å². The molecule has 0 radical (unpaired) electrons. The molecule has 3 heteroatoms. The number of nitrogens with zero attached hydrogens (tertiary/aromatic N) is 2. The maximum absolute atomic E-state index is 8.62. The van der Waals surface area contributed by atoms with Crippen LogP contribution in [0.15, 0.2) is 47.6 Å². The van der Waals surface area contributed by atoms with Gasteiger partial charge in [0.1, 0.15) is 0 Å². The molecule has 15 heavy (non-hydrogen) atoms. The van der Waals surface area contributed by atoms with Crippen LogP contribution in [0.4, 0.5) is 5.69 Å². The molecule has 2 rings (SSSR count). The van der Waals surface area contributed by atoms with Crippen LogP contribution in [-0.4, -0.2) is 11.2 Å². The Kier molecular flexibility index (Phi) is 2.61. The van der Waals surface area contributed by atoms with Crippen molar-refractivity contribution in [3.05, 3.63) is 53.9 Å². The fraction of sp³-hybridized carbons (Fsp3) is 0. The number of nitriles is 1. The SMILES string of the molecule is N#Cc1ccc(N=Cc2ccc[nH]2)cc1. The summed E-state index contributed by atoms with van der Waals surface area (Å²) in [5, 5.41) is 8.62. The summed E-state index contributed by atoms with van der Waals surface area (Å²) in [7, 11) is 0. The number of rotatable bonds is 2. The number of aromatic amines is 1. The third kappa shape index (κ3) is 2.32. The molecule has 0 saturated heterocycles. The molecule has 0 bridgehead atoms. The molecule has 0 atom stereocenters. The minimum atomic E-state index is 0.647. The lowest BCUT2D eigenvalue weighted by Gasteiger charge is -1.92. The van der Waals surface area contributed by atoms with Gasteiger partial charge in [0.15, 0.2) is 0 Å². The molecule has 0 aliphatic rings. The van der Waals surface area contributed by atoms with Crippen molar-refractivity contribution in [1.82, 2.24) is 4.98 Å². The second-order valence-electron chi connectivity index (χ2n) is 3.04. The third-order valence-corrected chi connectivity index (χ3v) is 1.97. The van der Waals surface area contributed by atoms with Crippen LogP contribution in [-0.2, 0) is 0 Å². The van der Waals surface area contributed by atoms with Crippen molar-refractivity contribution in [1.29, 1.82) is 5.26 Å². The number of H-pyrrole nitrogens is 1. The van der Waals surface area contributed by atoms with E-state index in [9.17, 15) is 0 Å². The summed E-state index contributed by atoms with van der Waals surface area (Å²) in [5.74, 6) is 0. The van der Waals surface area contributed by atoms with Gasteiger partial charge in [-0.25, -0.2) is 0 Å². The van der Waals surface area contributed by atoms with E-state index in [4.69, 9.17) is 5.26 Å². The van der Waals surface area contributed by atoms with Crippen LogP contribution in [0, 0.1) is 11.3 Å². The van der Waals surface area contributed by atoms with Crippen LogP contribution in [0.25, 0.3) is 0 Å². The summed E-state index contributed by atoms with van der Waals surface area (Å²) in [6, 6.07) is 13.1. The fourth-order valence-corrected chi connectivity index (χ4v) is 1.19. The molecule has 2 aromatic rings. The summed E-state index contributed by atoms with van der Waals surface area (Å²) < 4.78 is 0. The first-order chi connectivity index (χ1) is 7.38. The monoisotopic (exact) mass is 195 g/mol. The maximum atomic E-state index is 8.62. The Balaban J connectivity index is 2.15. The van der Waals surface area contributed by atoms with E-state index in [1.807, 2.05) is 30.5 Å². The lowest BCUT2D eigenvalue weighted by molar-refractivity contribution is 1.38. The zero-order chi connectivity index (χ0) is 10.5. The Bertz CT molecular complexity index is 487.